The fraction of sp³-hybridized carbons (Fsp3) is 0.650. The molecule has 0 N–H and O–H groups in total. The molecule has 1 unspecified atom stereocenters. The minimum atomic E-state index is 0.178. The van der Waals surface area contributed by atoms with Crippen LogP contribution in [-0.4, -0.2) is 86.7 Å². The number of carbonyl (C=O) groups is 1. The molecule has 2 aliphatic rings. The van der Waals surface area contributed by atoms with Gasteiger partial charge in [-0.15, -0.1) is 0 Å². The predicted molar refractivity (Wildman–Crippen MR) is 102 cm³/mol. The highest BCUT2D eigenvalue weighted by molar-refractivity contribution is 5.78. The molecule has 144 valence electrons. The van der Waals surface area contributed by atoms with Gasteiger partial charge in [0.2, 0.25) is 5.91 Å². The summed E-state index contributed by atoms with van der Waals surface area (Å²) in [7, 11) is 5.89. The number of nitrogens with zero attached hydrogens (tertiary/aromatic N) is 3. The second-order valence-corrected chi connectivity index (χ2v) is 7.51. The zero-order valence-corrected chi connectivity index (χ0v) is 16.2. The zero-order chi connectivity index (χ0) is 18.5. The van der Waals surface area contributed by atoms with Gasteiger partial charge in [-0.2, -0.15) is 0 Å². The average Bonchev–Trinajstić information content (AvgIpc) is 3.12. The van der Waals surface area contributed by atoms with Crippen molar-refractivity contribution in [3.05, 3.63) is 24.3 Å². The van der Waals surface area contributed by atoms with Gasteiger partial charge in [-0.3, -0.25) is 9.69 Å². The number of piperidine rings is 1. The lowest BCUT2D eigenvalue weighted by Gasteiger charge is -2.33. The van der Waals surface area contributed by atoms with E-state index in [0.717, 1.165) is 56.9 Å². The van der Waals surface area contributed by atoms with Gasteiger partial charge in [0.15, 0.2) is 0 Å². The van der Waals surface area contributed by atoms with Gasteiger partial charge < -0.3 is 19.3 Å². The molecule has 6 nitrogen and oxygen atoms in total. The fourth-order valence-electron chi connectivity index (χ4n) is 3.74. The normalized spacial score (nSPS) is 22.0. The Balaban J connectivity index is 1.41. The lowest BCUT2D eigenvalue weighted by molar-refractivity contribution is -0.134. The van der Waals surface area contributed by atoms with Gasteiger partial charge in [-0.25, -0.2) is 0 Å². The van der Waals surface area contributed by atoms with Crippen molar-refractivity contribution in [3.63, 3.8) is 0 Å². The van der Waals surface area contributed by atoms with Crippen LogP contribution in [0.5, 0.6) is 11.5 Å². The number of ether oxygens (including phenoxy) is 2. The molecule has 2 heterocycles. The Labute approximate surface area is 156 Å². The molecule has 0 bridgehead atoms. The first-order chi connectivity index (χ1) is 12.5. The third-order valence-corrected chi connectivity index (χ3v) is 5.49. The molecule has 0 radical (unpaired) electrons. The molecule has 1 aromatic rings. The van der Waals surface area contributed by atoms with Gasteiger partial charge in [0.1, 0.15) is 17.6 Å². The van der Waals surface area contributed by atoms with E-state index in [1.807, 2.05) is 29.2 Å². The van der Waals surface area contributed by atoms with Crippen molar-refractivity contribution in [2.45, 2.75) is 31.4 Å². The Bertz CT molecular complexity index is 582. The van der Waals surface area contributed by atoms with Crippen LogP contribution in [0.1, 0.15) is 19.3 Å². The first-order valence-corrected chi connectivity index (χ1v) is 9.52. The van der Waals surface area contributed by atoms with E-state index in [2.05, 4.69) is 23.9 Å². The second kappa shape index (κ2) is 8.73. The number of benzene rings is 1. The molecule has 2 aliphatic heterocycles. The smallest absolute Gasteiger partial charge is 0.236 e. The van der Waals surface area contributed by atoms with Crippen LogP contribution in [0.3, 0.4) is 0 Å². The number of likely N-dealkylation sites (tertiary alicyclic amines) is 2. The van der Waals surface area contributed by atoms with Crippen LogP contribution in [0.15, 0.2) is 24.3 Å². The van der Waals surface area contributed by atoms with Gasteiger partial charge in [0, 0.05) is 45.1 Å². The van der Waals surface area contributed by atoms with Gasteiger partial charge >= 0.3 is 0 Å². The summed E-state index contributed by atoms with van der Waals surface area (Å²) in [6, 6.07) is 8.26. The minimum absolute atomic E-state index is 0.178. The maximum absolute atomic E-state index is 12.6. The van der Waals surface area contributed by atoms with Crippen molar-refractivity contribution < 1.29 is 14.3 Å². The van der Waals surface area contributed by atoms with E-state index in [-0.39, 0.29) is 12.0 Å². The number of likely N-dealkylation sites (N-methyl/N-ethyl adjacent to an activating group) is 1. The second-order valence-electron chi connectivity index (χ2n) is 7.51. The largest absolute Gasteiger partial charge is 0.497 e. The standard InChI is InChI=1S/C20H31N3O3/c1-21(2)16-8-11-22(14-16)15-20(24)23-12-9-19(10-13-23)26-18-6-4-17(25-3)5-7-18/h4-7,16,19H,8-15H2,1-3H3. The molecule has 2 saturated heterocycles. The van der Waals surface area contributed by atoms with Gasteiger partial charge in [0.05, 0.1) is 13.7 Å². The molecule has 6 heteroatoms. The van der Waals surface area contributed by atoms with E-state index in [0.29, 0.717) is 12.6 Å². The first kappa shape index (κ1) is 19.0. The zero-order valence-electron chi connectivity index (χ0n) is 16.2. The molecule has 3 rings (SSSR count). The molecule has 0 spiro atoms. The van der Waals surface area contributed by atoms with Crippen molar-refractivity contribution in [1.82, 2.24) is 14.7 Å². The summed E-state index contributed by atoms with van der Waals surface area (Å²) in [5, 5.41) is 0. The summed E-state index contributed by atoms with van der Waals surface area (Å²) in [6.07, 6.45) is 3.10. The predicted octanol–water partition coefficient (Wildman–Crippen LogP) is 1.70. The van der Waals surface area contributed by atoms with Crippen molar-refractivity contribution in [1.29, 1.82) is 0 Å². The summed E-state index contributed by atoms with van der Waals surface area (Å²) >= 11 is 0. The van der Waals surface area contributed by atoms with Crippen LogP contribution in [0.4, 0.5) is 0 Å². The van der Waals surface area contributed by atoms with Crippen molar-refractivity contribution in [2.24, 2.45) is 0 Å². The van der Waals surface area contributed by atoms with E-state index in [1.54, 1.807) is 7.11 Å². The van der Waals surface area contributed by atoms with E-state index in [4.69, 9.17) is 9.47 Å². The van der Waals surface area contributed by atoms with Gasteiger partial charge in [-0.05, 0) is 44.8 Å². The van der Waals surface area contributed by atoms with E-state index in [1.165, 1.54) is 0 Å². The van der Waals surface area contributed by atoms with E-state index < -0.39 is 0 Å². The highest BCUT2D eigenvalue weighted by Gasteiger charge is 2.29. The summed E-state index contributed by atoms with van der Waals surface area (Å²) in [4.78, 5) is 19.1. The Morgan fingerprint density at radius 3 is 2.31 bits per heavy atom. The fourth-order valence-corrected chi connectivity index (χ4v) is 3.74. The lowest BCUT2D eigenvalue weighted by atomic mass is 10.1. The van der Waals surface area contributed by atoms with Crippen molar-refractivity contribution >= 4 is 5.91 Å². The summed E-state index contributed by atoms with van der Waals surface area (Å²) in [6.45, 7) is 4.13. The lowest BCUT2D eigenvalue weighted by Crippen LogP contribution is -2.46. The summed E-state index contributed by atoms with van der Waals surface area (Å²) in [5.74, 6) is 1.95. The van der Waals surface area contributed by atoms with Gasteiger partial charge in [0.25, 0.3) is 0 Å². The third kappa shape index (κ3) is 4.89. The van der Waals surface area contributed by atoms with Crippen LogP contribution >= 0.6 is 0 Å². The number of hydrogen-bond acceptors (Lipinski definition) is 5. The highest BCUT2D eigenvalue weighted by Crippen LogP contribution is 2.22. The Kier molecular flexibility index (Phi) is 6.38. The molecule has 26 heavy (non-hydrogen) atoms. The SMILES string of the molecule is COc1ccc(OC2CCN(C(=O)CN3CCC(N(C)C)C3)CC2)cc1. The number of carbonyl (C=O) groups excluding carboxylic acids is 1. The van der Waals surface area contributed by atoms with Crippen LogP contribution in [0.2, 0.25) is 0 Å². The van der Waals surface area contributed by atoms with Crippen LogP contribution in [0, 0.1) is 0 Å². The molecule has 0 saturated carbocycles. The Hall–Kier alpha value is -1.79. The first-order valence-electron chi connectivity index (χ1n) is 9.52. The Morgan fingerprint density at radius 1 is 1.08 bits per heavy atom. The number of amides is 1. The molecular weight excluding hydrogens is 330 g/mol. The minimum Gasteiger partial charge on any atom is -0.497 e. The molecule has 1 atom stereocenters. The highest BCUT2D eigenvalue weighted by atomic mass is 16.5. The average molecular weight is 361 g/mol. The van der Waals surface area contributed by atoms with Crippen LogP contribution < -0.4 is 9.47 Å². The maximum Gasteiger partial charge on any atom is 0.236 e. The van der Waals surface area contributed by atoms with E-state index in [9.17, 15) is 4.79 Å². The topological polar surface area (TPSA) is 45.3 Å². The summed E-state index contributed by atoms with van der Waals surface area (Å²) < 4.78 is 11.2. The van der Waals surface area contributed by atoms with E-state index >= 15 is 0 Å². The van der Waals surface area contributed by atoms with Crippen molar-refractivity contribution in [2.75, 3.05) is 53.9 Å². The third-order valence-electron chi connectivity index (χ3n) is 5.49. The quantitative estimate of drug-likeness (QED) is 0.772. The van der Waals surface area contributed by atoms with Crippen LogP contribution in [-0.2, 0) is 4.79 Å². The number of methoxy groups -OCH3 is 1. The molecule has 0 aromatic heterocycles. The molecule has 1 amide bonds. The van der Waals surface area contributed by atoms with Crippen molar-refractivity contribution in [3.8, 4) is 11.5 Å². The maximum atomic E-state index is 12.6. The monoisotopic (exact) mass is 361 g/mol. The Morgan fingerprint density at radius 2 is 1.73 bits per heavy atom. The van der Waals surface area contributed by atoms with Crippen LogP contribution in [0.25, 0.3) is 0 Å². The molecule has 2 fully saturated rings. The molecule has 0 aliphatic carbocycles. The number of hydrogen-bond donors (Lipinski definition) is 0. The van der Waals surface area contributed by atoms with Gasteiger partial charge in [-0.1, -0.05) is 0 Å². The molecule has 1 aromatic carbocycles. The number of rotatable bonds is 6. The molecular formula is C20H31N3O3. The summed E-state index contributed by atoms with van der Waals surface area (Å²) in [5.41, 5.74) is 0.